The van der Waals surface area contributed by atoms with Gasteiger partial charge in [0.05, 0.1) is 30.0 Å². The Bertz CT molecular complexity index is 1120. The summed E-state index contributed by atoms with van der Waals surface area (Å²) in [5, 5.41) is 4.95. The minimum Gasteiger partial charge on any atom is -0.463 e. The Morgan fingerprint density at radius 1 is 0.938 bits per heavy atom. The maximum absolute atomic E-state index is 13.2. The number of rotatable bonds is 7. The van der Waals surface area contributed by atoms with Crippen molar-refractivity contribution < 1.29 is 28.7 Å². The van der Waals surface area contributed by atoms with Crippen LogP contribution in [0.2, 0.25) is 0 Å². The molecule has 2 aromatic carbocycles. The number of carbonyl (C=O) groups is 4. The third-order valence-corrected chi connectivity index (χ3v) is 4.95. The van der Waals surface area contributed by atoms with Gasteiger partial charge in [-0.3, -0.25) is 4.79 Å². The molecule has 2 N–H and O–H groups in total. The van der Waals surface area contributed by atoms with E-state index < -0.39 is 18.0 Å². The molecule has 1 heterocycles. The first-order valence-corrected chi connectivity index (χ1v) is 10.1. The zero-order valence-corrected chi connectivity index (χ0v) is 18.1. The first kappa shape index (κ1) is 22.7. The van der Waals surface area contributed by atoms with E-state index >= 15 is 0 Å². The Morgan fingerprint density at radius 2 is 1.66 bits per heavy atom. The molecule has 0 unspecified atom stereocenters. The molecule has 8 heteroatoms. The zero-order chi connectivity index (χ0) is 23.3. The number of ether oxygens (including phenoxy) is 2. The molecule has 3 rings (SSSR count). The average molecular weight is 436 g/mol. The minimum absolute atomic E-state index is 0.0424. The molecular weight excluding hydrogens is 412 g/mol. The molecule has 0 spiro atoms. The number of urea groups is 1. The molecule has 8 nitrogen and oxygen atoms in total. The van der Waals surface area contributed by atoms with Crippen LogP contribution in [-0.2, 0) is 14.3 Å². The summed E-state index contributed by atoms with van der Waals surface area (Å²) in [5.41, 5.74) is 2.84. The summed E-state index contributed by atoms with van der Waals surface area (Å²) in [6, 6.07) is 11.4. The van der Waals surface area contributed by atoms with E-state index in [1.807, 2.05) is 26.0 Å². The normalized spacial score (nSPS) is 13.2. The molecular formula is C24H24N2O6. The highest BCUT2D eigenvalue weighted by atomic mass is 16.5. The predicted molar refractivity (Wildman–Crippen MR) is 116 cm³/mol. The van der Waals surface area contributed by atoms with E-state index in [2.05, 4.69) is 10.6 Å². The number of hydrogen-bond acceptors (Lipinski definition) is 6. The molecule has 0 saturated heterocycles. The molecule has 0 aromatic heterocycles. The van der Waals surface area contributed by atoms with Crippen molar-refractivity contribution in [3.63, 3.8) is 0 Å². The lowest BCUT2D eigenvalue weighted by Crippen LogP contribution is -2.45. The van der Waals surface area contributed by atoms with Crippen molar-refractivity contribution in [2.75, 3.05) is 19.8 Å². The SMILES string of the molecule is CCOC(=O)C1=C(COC(=O)c2ccccc2C(=O)c2cc(C)ccc2C)NC(=O)NC1. The fourth-order valence-electron chi connectivity index (χ4n) is 3.27. The summed E-state index contributed by atoms with van der Waals surface area (Å²) in [6.07, 6.45) is 0. The average Bonchev–Trinajstić information content (AvgIpc) is 2.78. The Balaban J connectivity index is 1.84. The molecule has 0 atom stereocenters. The highest BCUT2D eigenvalue weighted by Crippen LogP contribution is 2.20. The Hall–Kier alpha value is -3.94. The number of aryl methyl sites for hydroxylation is 2. The van der Waals surface area contributed by atoms with Gasteiger partial charge in [-0.15, -0.1) is 0 Å². The highest BCUT2D eigenvalue weighted by Gasteiger charge is 2.26. The van der Waals surface area contributed by atoms with Crippen molar-refractivity contribution in [1.82, 2.24) is 10.6 Å². The maximum atomic E-state index is 13.2. The molecule has 32 heavy (non-hydrogen) atoms. The van der Waals surface area contributed by atoms with Crippen LogP contribution in [0.1, 0.15) is 44.3 Å². The van der Waals surface area contributed by atoms with Crippen molar-refractivity contribution in [3.8, 4) is 0 Å². The van der Waals surface area contributed by atoms with E-state index in [4.69, 9.17) is 9.47 Å². The number of nitrogens with one attached hydrogen (secondary N) is 2. The van der Waals surface area contributed by atoms with E-state index in [1.165, 1.54) is 6.07 Å². The van der Waals surface area contributed by atoms with Crippen molar-refractivity contribution in [2.24, 2.45) is 0 Å². The Morgan fingerprint density at radius 3 is 2.38 bits per heavy atom. The van der Waals surface area contributed by atoms with Crippen LogP contribution in [0.15, 0.2) is 53.7 Å². The second-order valence-corrected chi connectivity index (χ2v) is 7.25. The van der Waals surface area contributed by atoms with Gasteiger partial charge >= 0.3 is 18.0 Å². The monoisotopic (exact) mass is 436 g/mol. The van der Waals surface area contributed by atoms with Crippen LogP contribution in [0.25, 0.3) is 0 Å². The molecule has 1 aliphatic rings. The molecule has 0 fully saturated rings. The van der Waals surface area contributed by atoms with Crippen LogP contribution >= 0.6 is 0 Å². The van der Waals surface area contributed by atoms with Crippen LogP contribution < -0.4 is 10.6 Å². The number of esters is 2. The van der Waals surface area contributed by atoms with Crippen LogP contribution in [0.4, 0.5) is 4.79 Å². The van der Waals surface area contributed by atoms with E-state index in [1.54, 1.807) is 31.2 Å². The third kappa shape index (κ3) is 5.03. The third-order valence-electron chi connectivity index (χ3n) is 4.95. The van der Waals surface area contributed by atoms with Crippen molar-refractivity contribution in [3.05, 3.63) is 81.6 Å². The van der Waals surface area contributed by atoms with Gasteiger partial charge in [0.25, 0.3) is 0 Å². The lowest BCUT2D eigenvalue weighted by molar-refractivity contribution is -0.138. The van der Waals surface area contributed by atoms with Crippen LogP contribution in [0.5, 0.6) is 0 Å². The second kappa shape index (κ2) is 9.91. The standard InChI is InChI=1S/C24H24N2O6/c1-4-31-23(29)19-12-25-24(30)26-20(19)13-32-22(28)17-8-6-5-7-16(17)21(27)18-11-14(2)9-10-15(18)3/h5-11H,4,12-13H2,1-3H3,(H2,25,26,30). The van der Waals surface area contributed by atoms with Crippen LogP contribution in [0, 0.1) is 13.8 Å². The van der Waals surface area contributed by atoms with Gasteiger partial charge in [0.15, 0.2) is 5.78 Å². The minimum atomic E-state index is -0.747. The van der Waals surface area contributed by atoms with Crippen LogP contribution in [-0.4, -0.2) is 43.5 Å². The summed E-state index contributed by atoms with van der Waals surface area (Å²) in [7, 11) is 0. The zero-order valence-electron chi connectivity index (χ0n) is 18.1. The van der Waals surface area contributed by atoms with Gasteiger partial charge in [0.2, 0.25) is 0 Å². The molecule has 0 radical (unpaired) electrons. The lowest BCUT2D eigenvalue weighted by Gasteiger charge is -2.21. The summed E-state index contributed by atoms with van der Waals surface area (Å²) in [6.45, 7) is 5.15. The van der Waals surface area contributed by atoms with Gasteiger partial charge in [-0.05, 0) is 38.5 Å². The number of carbonyl (C=O) groups excluding carboxylic acids is 4. The summed E-state index contributed by atoms with van der Waals surface area (Å²) < 4.78 is 10.3. The first-order valence-electron chi connectivity index (χ1n) is 10.1. The molecule has 2 aromatic rings. The van der Waals surface area contributed by atoms with E-state index in [-0.39, 0.29) is 47.9 Å². The largest absolute Gasteiger partial charge is 0.463 e. The summed E-state index contributed by atoms with van der Waals surface area (Å²) in [5.74, 6) is -1.65. The van der Waals surface area contributed by atoms with E-state index in [0.717, 1.165) is 11.1 Å². The fraction of sp³-hybridized carbons (Fsp3) is 0.250. The molecule has 1 aliphatic heterocycles. The van der Waals surface area contributed by atoms with Crippen molar-refractivity contribution in [1.29, 1.82) is 0 Å². The Labute approximate surface area is 185 Å². The predicted octanol–water partition coefficient (Wildman–Crippen LogP) is 2.82. The maximum Gasteiger partial charge on any atom is 0.339 e. The van der Waals surface area contributed by atoms with E-state index in [9.17, 15) is 19.2 Å². The van der Waals surface area contributed by atoms with Gasteiger partial charge in [-0.2, -0.15) is 0 Å². The first-order chi connectivity index (χ1) is 15.3. The smallest absolute Gasteiger partial charge is 0.339 e. The molecule has 166 valence electrons. The fourth-order valence-corrected chi connectivity index (χ4v) is 3.27. The van der Waals surface area contributed by atoms with Crippen LogP contribution in [0.3, 0.4) is 0 Å². The summed E-state index contributed by atoms with van der Waals surface area (Å²) in [4.78, 5) is 49.8. The van der Waals surface area contributed by atoms with Crippen molar-refractivity contribution >= 4 is 23.8 Å². The number of ketones is 1. The lowest BCUT2D eigenvalue weighted by atomic mass is 9.94. The number of amides is 2. The quantitative estimate of drug-likeness (QED) is 0.510. The van der Waals surface area contributed by atoms with Gasteiger partial charge in [0, 0.05) is 11.1 Å². The molecule has 0 bridgehead atoms. The Kier molecular flexibility index (Phi) is 7.04. The van der Waals surface area contributed by atoms with E-state index in [0.29, 0.717) is 5.56 Å². The summed E-state index contributed by atoms with van der Waals surface area (Å²) >= 11 is 0. The molecule has 0 saturated carbocycles. The van der Waals surface area contributed by atoms with Gasteiger partial charge in [-0.25, -0.2) is 14.4 Å². The molecule has 2 amide bonds. The van der Waals surface area contributed by atoms with Crippen molar-refractivity contribution in [2.45, 2.75) is 20.8 Å². The second-order valence-electron chi connectivity index (χ2n) is 7.25. The molecule has 0 aliphatic carbocycles. The highest BCUT2D eigenvalue weighted by molar-refractivity contribution is 6.15. The topological polar surface area (TPSA) is 111 Å². The van der Waals surface area contributed by atoms with Gasteiger partial charge < -0.3 is 20.1 Å². The van der Waals surface area contributed by atoms with Gasteiger partial charge in [-0.1, -0.05) is 35.9 Å². The van der Waals surface area contributed by atoms with Gasteiger partial charge in [0.1, 0.15) is 6.61 Å². The number of benzene rings is 2. The number of hydrogen-bond donors (Lipinski definition) is 2.